The summed E-state index contributed by atoms with van der Waals surface area (Å²) < 4.78 is 2.06. The molecular weight excluding hydrogens is 162 g/mol. The number of aryl methyl sites for hydroxylation is 1. The fourth-order valence-electron chi connectivity index (χ4n) is 1.38. The van der Waals surface area contributed by atoms with Crippen molar-refractivity contribution < 1.29 is 0 Å². The molecule has 0 aliphatic carbocycles. The normalized spacial score (nSPS) is 13.2. The molecular formula is C10H19N3. The Morgan fingerprint density at radius 1 is 1.62 bits per heavy atom. The van der Waals surface area contributed by atoms with E-state index < -0.39 is 0 Å². The highest BCUT2D eigenvalue weighted by Gasteiger charge is 2.07. The zero-order valence-electron chi connectivity index (χ0n) is 8.75. The molecule has 0 spiro atoms. The van der Waals surface area contributed by atoms with Crippen molar-refractivity contribution in [3.8, 4) is 0 Å². The molecule has 1 unspecified atom stereocenters. The van der Waals surface area contributed by atoms with Crippen LogP contribution >= 0.6 is 0 Å². The van der Waals surface area contributed by atoms with Crippen LogP contribution in [0, 0.1) is 0 Å². The molecule has 1 heterocycles. The lowest BCUT2D eigenvalue weighted by molar-refractivity contribution is 0.518. The minimum absolute atomic E-state index is 0.353. The Morgan fingerprint density at radius 3 is 2.92 bits per heavy atom. The number of unbranched alkanes of at least 4 members (excludes halogenated alkanes) is 1. The van der Waals surface area contributed by atoms with Crippen LogP contribution < -0.4 is 5.32 Å². The first-order valence-corrected chi connectivity index (χ1v) is 4.96. The van der Waals surface area contributed by atoms with E-state index in [0.29, 0.717) is 6.04 Å². The molecule has 3 nitrogen and oxygen atoms in total. The van der Waals surface area contributed by atoms with Crippen LogP contribution in [0.2, 0.25) is 0 Å². The molecule has 74 valence electrons. The van der Waals surface area contributed by atoms with Gasteiger partial charge < -0.3 is 9.88 Å². The monoisotopic (exact) mass is 181 g/mol. The van der Waals surface area contributed by atoms with Gasteiger partial charge in [0.15, 0.2) is 0 Å². The lowest BCUT2D eigenvalue weighted by Crippen LogP contribution is -2.22. The van der Waals surface area contributed by atoms with Gasteiger partial charge in [-0.15, -0.1) is 0 Å². The van der Waals surface area contributed by atoms with Crippen molar-refractivity contribution in [3.05, 3.63) is 18.2 Å². The van der Waals surface area contributed by atoms with Gasteiger partial charge in [-0.3, -0.25) is 0 Å². The van der Waals surface area contributed by atoms with Crippen molar-refractivity contribution in [2.24, 2.45) is 7.05 Å². The highest BCUT2D eigenvalue weighted by Crippen LogP contribution is 2.07. The smallest absolute Gasteiger partial charge is 0.125 e. The van der Waals surface area contributed by atoms with E-state index in [-0.39, 0.29) is 0 Å². The summed E-state index contributed by atoms with van der Waals surface area (Å²) in [6.45, 7) is 5.43. The number of nitrogens with one attached hydrogen (secondary N) is 1. The van der Waals surface area contributed by atoms with Crippen molar-refractivity contribution in [1.29, 1.82) is 0 Å². The number of nitrogens with zero attached hydrogens (tertiary/aromatic N) is 2. The van der Waals surface area contributed by atoms with Crippen molar-refractivity contribution >= 4 is 0 Å². The molecule has 13 heavy (non-hydrogen) atoms. The number of imidazole rings is 1. The van der Waals surface area contributed by atoms with Crippen molar-refractivity contribution in [2.75, 3.05) is 6.54 Å². The van der Waals surface area contributed by atoms with E-state index in [4.69, 9.17) is 0 Å². The first-order valence-electron chi connectivity index (χ1n) is 4.96. The van der Waals surface area contributed by atoms with E-state index >= 15 is 0 Å². The van der Waals surface area contributed by atoms with Crippen molar-refractivity contribution in [2.45, 2.75) is 32.7 Å². The first-order chi connectivity index (χ1) is 6.25. The van der Waals surface area contributed by atoms with Gasteiger partial charge in [0.1, 0.15) is 5.82 Å². The third-order valence-corrected chi connectivity index (χ3v) is 2.23. The Balaban J connectivity index is 2.39. The quantitative estimate of drug-likeness (QED) is 0.703. The molecule has 0 aliphatic heterocycles. The Morgan fingerprint density at radius 2 is 2.38 bits per heavy atom. The maximum absolute atomic E-state index is 4.29. The number of aromatic nitrogens is 2. The molecule has 0 radical (unpaired) electrons. The Hall–Kier alpha value is -0.830. The molecule has 0 saturated carbocycles. The summed E-state index contributed by atoms with van der Waals surface area (Å²) in [5.41, 5.74) is 0. The van der Waals surface area contributed by atoms with Crippen LogP contribution in [0.15, 0.2) is 12.4 Å². The van der Waals surface area contributed by atoms with Gasteiger partial charge in [0.05, 0.1) is 6.04 Å². The van der Waals surface area contributed by atoms with Gasteiger partial charge in [-0.25, -0.2) is 4.98 Å². The number of rotatable bonds is 5. The second-order valence-electron chi connectivity index (χ2n) is 3.43. The largest absolute Gasteiger partial charge is 0.337 e. The molecule has 0 aromatic carbocycles. The predicted molar refractivity (Wildman–Crippen MR) is 54.5 cm³/mol. The Kier molecular flexibility index (Phi) is 3.96. The van der Waals surface area contributed by atoms with Gasteiger partial charge in [-0.05, 0) is 19.9 Å². The predicted octanol–water partition coefficient (Wildman–Crippen LogP) is 1.87. The maximum atomic E-state index is 4.29. The van der Waals surface area contributed by atoms with Crippen LogP contribution in [0.25, 0.3) is 0 Å². The van der Waals surface area contributed by atoms with Gasteiger partial charge in [0, 0.05) is 19.4 Å². The van der Waals surface area contributed by atoms with Gasteiger partial charge in [0.25, 0.3) is 0 Å². The summed E-state index contributed by atoms with van der Waals surface area (Å²) in [5.74, 6) is 1.11. The standard InChI is InChI=1S/C10H19N3/c1-4-5-6-11-9(2)10-12-7-8-13(10)3/h7-9,11H,4-6H2,1-3H3. The molecule has 0 saturated heterocycles. The zero-order valence-corrected chi connectivity index (χ0v) is 8.75. The average Bonchev–Trinajstić information content (AvgIpc) is 2.52. The molecule has 0 fully saturated rings. The highest BCUT2D eigenvalue weighted by molar-refractivity contribution is 4.96. The summed E-state index contributed by atoms with van der Waals surface area (Å²) in [4.78, 5) is 4.29. The molecule has 1 aromatic rings. The molecule has 1 atom stereocenters. The lowest BCUT2D eigenvalue weighted by Gasteiger charge is -2.12. The SMILES string of the molecule is CCCCNC(C)c1nccn1C. The van der Waals surface area contributed by atoms with Crippen LogP contribution in [0.1, 0.15) is 38.6 Å². The summed E-state index contributed by atoms with van der Waals surface area (Å²) >= 11 is 0. The molecule has 1 aromatic heterocycles. The Bertz CT molecular complexity index is 242. The van der Waals surface area contributed by atoms with Gasteiger partial charge >= 0.3 is 0 Å². The summed E-state index contributed by atoms with van der Waals surface area (Å²) in [5, 5.41) is 3.44. The van der Waals surface area contributed by atoms with E-state index in [1.165, 1.54) is 12.8 Å². The molecule has 0 bridgehead atoms. The minimum atomic E-state index is 0.353. The van der Waals surface area contributed by atoms with Crippen LogP contribution in [0.5, 0.6) is 0 Å². The molecule has 1 rings (SSSR count). The molecule has 0 amide bonds. The van der Waals surface area contributed by atoms with Gasteiger partial charge in [-0.2, -0.15) is 0 Å². The van der Waals surface area contributed by atoms with E-state index in [2.05, 4.69) is 28.7 Å². The van der Waals surface area contributed by atoms with Crippen LogP contribution in [-0.2, 0) is 7.05 Å². The number of hydrogen-bond donors (Lipinski definition) is 1. The molecule has 1 N–H and O–H groups in total. The zero-order chi connectivity index (χ0) is 9.68. The fraction of sp³-hybridized carbons (Fsp3) is 0.700. The third-order valence-electron chi connectivity index (χ3n) is 2.23. The fourth-order valence-corrected chi connectivity index (χ4v) is 1.38. The summed E-state index contributed by atoms with van der Waals surface area (Å²) in [6.07, 6.45) is 6.29. The lowest BCUT2D eigenvalue weighted by atomic mass is 10.3. The van der Waals surface area contributed by atoms with Gasteiger partial charge in [-0.1, -0.05) is 13.3 Å². The second-order valence-corrected chi connectivity index (χ2v) is 3.43. The number of hydrogen-bond acceptors (Lipinski definition) is 2. The van der Waals surface area contributed by atoms with Crippen LogP contribution in [-0.4, -0.2) is 16.1 Å². The summed E-state index contributed by atoms with van der Waals surface area (Å²) in [6, 6.07) is 0.353. The van der Waals surface area contributed by atoms with E-state index in [9.17, 15) is 0 Å². The second kappa shape index (κ2) is 5.02. The van der Waals surface area contributed by atoms with Crippen LogP contribution in [0.4, 0.5) is 0 Å². The van der Waals surface area contributed by atoms with E-state index in [1.54, 1.807) is 0 Å². The summed E-state index contributed by atoms with van der Waals surface area (Å²) in [7, 11) is 2.03. The Labute approximate surface area is 80.2 Å². The van der Waals surface area contributed by atoms with E-state index in [0.717, 1.165) is 12.4 Å². The maximum Gasteiger partial charge on any atom is 0.125 e. The third kappa shape index (κ3) is 2.84. The van der Waals surface area contributed by atoms with Crippen molar-refractivity contribution in [1.82, 2.24) is 14.9 Å². The molecule has 0 aliphatic rings. The topological polar surface area (TPSA) is 29.9 Å². The van der Waals surface area contributed by atoms with Gasteiger partial charge in [0.2, 0.25) is 0 Å². The first kappa shape index (κ1) is 10.3. The van der Waals surface area contributed by atoms with Crippen molar-refractivity contribution in [3.63, 3.8) is 0 Å². The van der Waals surface area contributed by atoms with Crippen LogP contribution in [0.3, 0.4) is 0 Å². The highest BCUT2D eigenvalue weighted by atomic mass is 15.1. The minimum Gasteiger partial charge on any atom is -0.337 e. The average molecular weight is 181 g/mol. The van der Waals surface area contributed by atoms with E-state index in [1.807, 2.05) is 19.4 Å². The molecule has 3 heteroatoms.